The topological polar surface area (TPSA) is 154 Å². The Balaban J connectivity index is 2.02. The number of rotatable bonds is 8. The van der Waals surface area contributed by atoms with E-state index in [1.54, 1.807) is 58.2 Å². The highest BCUT2D eigenvalue weighted by atomic mass is 32.2. The van der Waals surface area contributed by atoms with Crippen LogP contribution >= 0.6 is 0 Å². The van der Waals surface area contributed by atoms with Gasteiger partial charge in [-0.3, -0.25) is 11.7 Å². The van der Waals surface area contributed by atoms with E-state index >= 15 is 0 Å². The molecule has 0 radical (unpaired) electrons. The Morgan fingerprint density at radius 1 is 0.680 bits per heavy atom. The molecular weight excluding hydrogens is 368 g/mol. The lowest BCUT2D eigenvalue weighted by Gasteiger charge is -2.08. The van der Waals surface area contributed by atoms with E-state index in [2.05, 4.69) is 0 Å². The van der Waals surface area contributed by atoms with Gasteiger partial charge in [0.1, 0.15) is 11.5 Å². The SMILES string of the molecule is NNS(=O)(=O)Cc1ccc(Oc2ccc(CS(=O)(=O)NN)cc2)cc1. The second kappa shape index (κ2) is 7.91. The van der Waals surface area contributed by atoms with Crippen molar-refractivity contribution in [3.8, 4) is 11.5 Å². The van der Waals surface area contributed by atoms with Crippen LogP contribution in [0.15, 0.2) is 48.5 Å². The highest BCUT2D eigenvalue weighted by Gasteiger charge is 2.10. The molecule has 136 valence electrons. The number of benzene rings is 2. The summed E-state index contributed by atoms with van der Waals surface area (Å²) in [5, 5.41) is 0. The molecule has 0 aliphatic carbocycles. The standard InChI is InChI=1S/C14H18N4O5S2/c15-17-24(19,20)9-11-1-5-13(6-2-11)23-14-7-3-12(4-8-14)10-25(21,22)18-16/h1-8,17-18H,9-10,15-16H2. The van der Waals surface area contributed by atoms with Crippen molar-refractivity contribution in [2.24, 2.45) is 11.7 Å². The van der Waals surface area contributed by atoms with Crippen LogP contribution in [-0.4, -0.2) is 16.8 Å². The molecule has 0 unspecified atom stereocenters. The average molecular weight is 386 g/mol. The molecular formula is C14H18N4O5S2. The third kappa shape index (κ3) is 6.08. The first-order valence-corrected chi connectivity index (χ1v) is 10.3. The van der Waals surface area contributed by atoms with Crippen LogP contribution in [0.2, 0.25) is 0 Å². The Morgan fingerprint density at radius 2 is 1.00 bits per heavy atom. The van der Waals surface area contributed by atoms with Gasteiger partial charge >= 0.3 is 0 Å². The van der Waals surface area contributed by atoms with E-state index in [1.165, 1.54) is 0 Å². The Kier molecular flexibility index (Phi) is 6.11. The van der Waals surface area contributed by atoms with Gasteiger partial charge in [-0.2, -0.15) is 9.66 Å². The second-order valence-corrected chi connectivity index (χ2v) is 8.65. The zero-order valence-electron chi connectivity index (χ0n) is 13.0. The predicted molar refractivity (Wildman–Crippen MR) is 92.9 cm³/mol. The van der Waals surface area contributed by atoms with E-state index in [0.29, 0.717) is 22.6 Å². The summed E-state index contributed by atoms with van der Waals surface area (Å²) in [7, 11) is -7.08. The van der Waals surface area contributed by atoms with E-state index in [4.69, 9.17) is 16.4 Å². The average Bonchev–Trinajstić information content (AvgIpc) is 2.58. The van der Waals surface area contributed by atoms with Crippen molar-refractivity contribution in [1.29, 1.82) is 0 Å². The van der Waals surface area contributed by atoms with Gasteiger partial charge in [0, 0.05) is 0 Å². The molecule has 0 aliphatic heterocycles. The minimum Gasteiger partial charge on any atom is -0.457 e. The lowest BCUT2D eigenvalue weighted by Crippen LogP contribution is -2.31. The maximum Gasteiger partial charge on any atom is 0.228 e. The maximum absolute atomic E-state index is 11.4. The quantitative estimate of drug-likeness (QED) is 0.369. The van der Waals surface area contributed by atoms with Crippen molar-refractivity contribution < 1.29 is 21.6 Å². The first-order chi connectivity index (χ1) is 11.7. The van der Waals surface area contributed by atoms with Gasteiger partial charge in [-0.25, -0.2) is 16.8 Å². The minimum atomic E-state index is -3.54. The Labute approximate surface area is 146 Å². The highest BCUT2D eigenvalue weighted by molar-refractivity contribution is 7.88. The number of hydrogen-bond donors (Lipinski definition) is 4. The molecule has 0 fully saturated rings. The van der Waals surface area contributed by atoms with Gasteiger partial charge in [0.15, 0.2) is 0 Å². The fourth-order valence-corrected chi connectivity index (χ4v) is 3.39. The summed E-state index contributed by atoms with van der Waals surface area (Å²) in [6.45, 7) is 0. The number of hydrogen-bond acceptors (Lipinski definition) is 7. The first kappa shape index (κ1) is 19.3. The third-order valence-electron chi connectivity index (χ3n) is 3.15. The molecule has 25 heavy (non-hydrogen) atoms. The molecule has 0 saturated carbocycles. The summed E-state index contributed by atoms with van der Waals surface area (Å²) < 4.78 is 51.1. The molecule has 0 spiro atoms. The summed E-state index contributed by atoms with van der Waals surface area (Å²) in [6, 6.07) is 12.9. The number of sulfonamides is 2. The first-order valence-electron chi connectivity index (χ1n) is 6.99. The van der Waals surface area contributed by atoms with E-state index in [1.807, 2.05) is 0 Å². The van der Waals surface area contributed by atoms with Gasteiger partial charge in [0.2, 0.25) is 20.0 Å². The van der Waals surface area contributed by atoms with E-state index in [-0.39, 0.29) is 11.5 Å². The fourth-order valence-electron chi connectivity index (χ4n) is 1.97. The van der Waals surface area contributed by atoms with Crippen molar-refractivity contribution in [3.05, 3.63) is 59.7 Å². The number of nitrogens with one attached hydrogen (secondary N) is 2. The van der Waals surface area contributed by atoms with E-state index < -0.39 is 20.0 Å². The Morgan fingerprint density at radius 3 is 1.28 bits per heavy atom. The molecule has 0 saturated heterocycles. The number of ether oxygens (including phenoxy) is 1. The largest absolute Gasteiger partial charge is 0.457 e. The Hall–Kier alpha value is -2.02. The van der Waals surface area contributed by atoms with E-state index in [9.17, 15) is 16.8 Å². The van der Waals surface area contributed by atoms with Gasteiger partial charge in [0.05, 0.1) is 11.5 Å². The van der Waals surface area contributed by atoms with Gasteiger partial charge in [-0.15, -0.1) is 0 Å². The lowest BCUT2D eigenvalue weighted by atomic mass is 10.2. The van der Waals surface area contributed by atoms with Crippen LogP contribution in [-0.2, 0) is 31.6 Å². The highest BCUT2D eigenvalue weighted by Crippen LogP contribution is 2.23. The molecule has 6 N–H and O–H groups in total. The molecule has 0 aromatic heterocycles. The molecule has 11 heteroatoms. The number of nitrogens with two attached hydrogens (primary N) is 2. The van der Waals surface area contributed by atoms with Crippen LogP contribution in [0.25, 0.3) is 0 Å². The number of hydrazine groups is 2. The molecule has 0 atom stereocenters. The second-order valence-electron chi connectivity index (χ2n) is 5.14. The molecule has 0 heterocycles. The molecule has 0 aliphatic rings. The molecule has 2 aromatic carbocycles. The van der Waals surface area contributed by atoms with Crippen molar-refractivity contribution in [2.45, 2.75) is 11.5 Å². The van der Waals surface area contributed by atoms with Crippen LogP contribution < -0.4 is 26.1 Å². The summed E-state index contributed by atoms with van der Waals surface area (Å²) in [5.74, 6) is 10.4. The maximum atomic E-state index is 11.4. The van der Waals surface area contributed by atoms with Crippen LogP contribution in [0, 0.1) is 0 Å². The fraction of sp³-hybridized carbons (Fsp3) is 0.143. The summed E-state index contributed by atoms with van der Waals surface area (Å²) in [6.07, 6.45) is 0. The smallest absolute Gasteiger partial charge is 0.228 e. The van der Waals surface area contributed by atoms with Gasteiger partial charge < -0.3 is 4.74 Å². The van der Waals surface area contributed by atoms with Crippen molar-refractivity contribution >= 4 is 20.0 Å². The van der Waals surface area contributed by atoms with Crippen molar-refractivity contribution in [1.82, 2.24) is 9.66 Å². The summed E-state index contributed by atoms with van der Waals surface area (Å²) in [4.78, 5) is 3.51. The monoisotopic (exact) mass is 386 g/mol. The molecule has 0 amide bonds. The summed E-state index contributed by atoms with van der Waals surface area (Å²) >= 11 is 0. The van der Waals surface area contributed by atoms with Gasteiger partial charge in [0.25, 0.3) is 0 Å². The molecule has 2 rings (SSSR count). The normalized spacial score (nSPS) is 12.1. The molecule has 2 aromatic rings. The van der Waals surface area contributed by atoms with Crippen molar-refractivity contribution in [3.63, 3.8) is 0 Å². The van der Waals surface area contributed by atoms with Gasteiger partial charge in [-0.1, -0.05) is 24.3 Å². The zero-order chi connectivity index (χ0) is 18.5. The van der Waals surface area contributed by atoms with Gasteiger partial charge in [-0.05, 0) is 35.4 Å². The van der Waals surface area contributed by atoms with Crippen LogP contribution in [0.4, 0.5) is 0 Å². The van der Waals surface area contributed by atoms with Crippen LogP contribution in [0.3, 0.4) is 0 Å². The van der Waals surface area contributed by atoms with Crippen LogP contribution in [0.5, 0.6) is 11.5 Å². The summed E-state index contributed by atoms with van der Waals surface area (Å²) in [5.41, 5.74) is 1.11. The molecule has 9 nitrogen and oxygen atoms in total. The zero-order valence-corrected chi connectivity index (χ0v) is 14.7. The predicted octanol–water partition coefficient (Wildman–Crippen LogP) is 0.0651. The van der Waals surface area contributed by atoms with Crippen molar-refractivity contribution in [2.75, 3.05) is 0 Å². The minimum absolute atomic E-state index is 0.234. The lowest BCUT2D eigenvalue weighted by molar-refractivity contribution is 0.482. The van der Waals surface area contributed by atoms with Crippen LogP contribution in [0.1, 0.15) is 11.1 Å². The Bertz CT molecular complexity index is 833. The van der Waals surface area contributed by atoms with E-state index in [0.717, 1.165) is 0 Å². The third-order valence-corrected chi connectivity index (χ3v) is 5.30. The molecule has 0 bridgehead atoms.